The number of hydrogen-bond donors (Lipinski definition) is 1. The molecule has 3 heteroatoms. The van der Waals surface area contributed by atoms with Gasteiger partial charge in [-0.2, -0.15) is 0 Å². The molecule has 72 valence electrons. The summed E-state index contributed by atoms with van der Waals surface area (Å²) >= 11 is 0. The number of anilines is 1. The van der Waals surface area contributed by atoms with Gasteiger partial charge in [-0.15, -0.1) is 0 Å². The molecule has 1 heterocycles. The minimum absolute atomic E-state index is 0.458. The summed E-state index contributed by atoms with van der Waals surface area (Å²) in [4.78, 5) is 8.65. The molecule has 0 atom stereocenters. The normalized spacial score (nSPS) is 10.5. The van der Waals surface area contributed by atoms with Crippen LogP contribution in [0.3, 0.4) is 0 Å². The third kappa shape index (κ3) is 2.68. The summed E-state index contributed by atoms with van der Waals surface area (Å²) in [5.41, 5.74) is 1.10. The fourth-order valence-corrected chi connectivity index (χ4v) is 1.16. The van der Waals surface area contributed by atoms with E-state index >= 15 is 0 Å². The lowest BCUT2D eigenvalue weighted by atomic mass is 10.1. The Morgan fingerprint density at radius 3 is 2.62 bits per heavy atom. The van der Waals surface area contributed by atoms with Gasteiger partial charge in [-0.25, -0.2) is 9.97 Å². The van der Waals surface area contributed by atoms with Gasteiger partial charge in [0.15, 0.2) is 0 Å². The zero-order valence-electron chi connectivity index (χ0n) is 8.76. The van der Waals surface area contributed by atoms with E-state index in [1.54, 1.807) is 0 Å². The first kappa shape index (κ1) is 9.96. The zero-order valence-corrected chi connectivity index (χ0v) is 8.76. The molecule has 0 aliphatic rings. The van der Waals surface area contributed by atoms with Gasteiger partial charge in [0.2, 0.25) is 0 Å². The largest absolute Gasteiger partial charge is 0.370 e. The molecule has 0 fully saturated rings. The van der Waals surface area contributed by atoms with Gasteiger partial charge >= 0.3 is 0 Å². The molecule has 0 aliphatic carbocycles. The highest BCUT2D eigenvalue weighted by Gasteiger charge is 2.04. The monoisotopic (exact) mass is 179 g/mol. The fourth-order valence-electron chi connectivity index (χ4n) is 1.16. The first-order chi connectivity index (χ1) is 6.13. The smallest absolute Gasteiger partial charge is 0.129 e. The summed E-state index contributed by atoms with van der Waals surface area (Å²) in [6, 6.07) is 2.02. The van der Waals surface area contributed by atoms with Gasteiger partial charge in [-0.3, -0.25) is 0 Å². The number of aromatic nitrogens is 2. The highest BCUT2D eigenvalue weighted by Crippen LogP contribution is 2.14. The van der Waals surface area contributed by atoms with Crippen molar-refractivity contribution in [2.75, 3.05) is 11.9 Å². The van der Waals surface area contributed by atoms with Crippen molar-refractivity contribution >= 4 is 5.82 Å². The van der Waals surface area contributed by atoms with Crippen molar-refractivity contribution in [3.63, 3.8) is 0 Å². The first-order valence-corrected chi connectivity index (χ1v) is 4.73. The van der Waals surface area contributed by atoms with Crippen LogP contribution in [0.25, 0.3) is 0 Å². The van der Waals surface area contributed by atoms with Gasteiger partial charge in [0, 0.05) is 18.3 Å². The molecule has 0 saturated carbocycles. The third-order valence-electron chi connectivity index (χ3n) is 1.81. The van der Waals surface area contributed by atoms with Crippen LogP contribution in [0.2, 0.25) is 0 Å². The van der Waals surface area contributed by atoms with Crippen molar-refractivity contribution in [3.8, 4) is 0 Å². The maximum atomic E-state index is 4.36. The van der Waals surface area contributed by atoms with E-state index in [0.717, 1.165) is 23.9 Å². The van der Waals surface area contributed by atoms with E-state index in [-0.39, 0.29) is 0 Å². The van der Waals surface area contributed by atoms with Crippen LogP contribution in [0.1, 0.15) is 38.2 Å². The van der Waals surface area contributed by atoms with Gasteiger partial charge in [0.1, 0.15) is 11.6 Å². The second-order valence-corrected chi connectivity index (χ2v) is 3.41. The molecule has 0 saturated heterocycles. The molecule has 0 unspecified atom stereocenters. The van der Waals surface area contributed by atoms with Crippen molar-refractivity contribution < 1.29 is 0 Å². The highest BCUT2D eigenvalue weighted by atomic mass is 15.0. The molecule has 0 amide bonds. The Morgan fingerprint density at radius 2 is 2.08 bits per heavy atom. The van der Waals surface area contributed by atoms with Gasteiger partial charge in [-0.05, 0) is 19.8 Å². The molecule has 3 nitrogen and oxygen atoms in total. The topological polar surface area (TPSA) is 37.8 Å². The Morgan fingerprint density at radius 1 is 1.38 bits per heavy atom. The predicted octanol–water partition coefficient (Wildman–Crippen LogP) is 2.34. The second-order valence-electron chi connectivity index (χ2n) is 3.41. The number of aryl methyl sites for hydroxylation is 1. The predicted molar refractivity (Wildman–Crippen MR) is 55.0 cm³/mol. The SMILES string of the molecule is CCNc1cc(C(C)C)nc(C)n1. The summed E-state index contributed by atoms with van der Waals surface area (Å²) in [7, 11) is 0. The second kappa shape index (κ2) is 4.21. The van der Waals surface area contributed by atoms with Crippen LogP contribution < -0.4 is 5.32 Å². The van der Waals surface area contributed by atoms with Crippen LogP contribution >= 0.6 is 0 Å². The Hall–Kier alpha value is -1.12. The Labute approximate surface area is 79.6 Å². The lowest BCUT2D eigenvalue weighted by Gasteiger charge is -2.08. The van der Waals surface area contributed by atoms with E-state index in [0.29, 0.717) is 5.92 Å². The van der Waals surface area contributed by atoms with Gasteiger partial charge in [0.25, 0.3) is 0 Å². The number of nitrogens with one attached hydrogen (secondary N) is 1. The van der Waals surface area contributed by atoms with Gasteiger partial charge in [0.05, 0.1) is 0 Å². The van der Waals surface area contributed by atoms with Crippen molar-refractivity contribution in [2.45, 2.75) is 33.6 Å². The van der Waals surface area contributed by atoms with Crippen molar-refractivity contribution in [2.24, 2.45) is 0 Å². The molecule has 13 heavy (non-hydrogen) atoms. The van der Waals surface area contributed by atoms with E-state index in [1.807, 2.05) is 13.0 Å². The number of rotatable bonds is 3. The fraction of sp³-hybridized carbons (Fsp3) is 0.600. The summed E-state index contributed by atoms with van der Waals surface area (Å²) in [5, 5.41) is 3.19. The van der Waals surface area contributed by atoms with E-state index in [2.05, 4.69) is 36.1 Å². The molecule has 0 aromatic carbocycles. The summed E-state index contributed by atoms with van der Waals surface area (Å²) in [5.74, 6) is 2.22. The molecule has 1 aromatic rings. The Kier molecular flexibility index (Phi) is 3.23. The van der Waals surface area contributed by atoms with Crippen LogP contribution in [-0.4, -0.2) is 16.5 Å². The van der Waals surface area contributed by atoms with Gasteiger partial charge < -0.3 is 5.32 Å². The maximum absolute atomic E-state index is 4.36. The summed E-state index contributed by atoms with van der Waals surface area (Å²) in [6.07, 6.45) is 0. The molecule has 0 bridgehead atoms. The summed E-state index contributed by atoms with van der Waals surface area (Å²) in [6.45, 7) is 9.15. The van der Waals surface area contributed by atoms with E-state index < -0.39 is 0 Å². The lowest BCUT2D eigenvalue weighted by molar-refractivity contribution is 0.802. The highest BCUT2D eigenvalue weighted by molar-refractivity contribution is 5.36. The molecule has 1 rings (SSSR count). The van der Waals surface area contributed by atoms with Crippen molar-refractivity contribution in [1.82, 2.24) is 9.97 Å². The van der Waals surface area contributed by atoms with Crippen LogP contribution in [0.5, 0.6) is 0 Å². The molecule has 1 aromatic heterocycles. The quantitative estimate of drug-likeness (QED) is 0.774. The average molecular weight is 179 g/mol. The zero-order chi connectivity index (χ0) is 9.84. The third-order valence-corrected chi connectivity index (χ3v) is 1.81. The maximum Gasteiger partial charge on any atom is 0.129 e. The van der Waals surface area contributed by atoms with Crippen LogP contribution in [-0.2, 0) is 0 Å². The minimum atomic E-state index is 0.458. The van der Waals surface area contributed by atoms with Crippen LogP contribution in [0.4, 0.5) is 5.82 Å². The van der Waals surface area contributed by atoms with E-state index in [1.165, 1.54) is 0 Å². The lowest BCUT2D eigenvalue weighted by Crippen LogP contribution is -2.04. The number of hydrogen-bond acceptors (Lipinski definition) is 3. The molecule has 0 aliphatic heterocycles. The standard InChI is InChI=1S/C10H17N3/c1-5-11-10-6-9(7(2)3)12-8(4)13-10/h6-7H,5H2,1-4H3,(H,11,12,13). The van der Waals surface area contributed by atoms with Crippen molar-refractivity contribution in [1.29, 1.82) is 0 Å². The molecule has 1 N–H and O–H groups in total. The van der Waals surface area contributed by atoms with Crippen molar-refractivity contribution in [3.05, 3.63) is 17.6 Å². The molecular weight excluding hydrogens is 162 g/mol. The van der Waals surface area contributed by atoms with Crippen LogP contribution in [0.15, 0.2) is 6.07 Å². The molecule has 0 radical (unpaired) electrons. The Bertz CT molecular complexity index is 281. The average Bonchev–Trinajstić information content (AvgIpc) is 2.03. The van der Waals surface area contributed by atoms with Gasteiger partial charge in [-0.1, -0.05) is 13.8 Å². The van der Waals surface area contributed by atoms with E-state index in [4.69, 9.17) is 0 Å². The van der Waals surface area contributed by atoms with Crippen LogP contribution in [0, 0.1) is 6.92 Å². The molecule has 0 spiro atoms. The number of nitrogens with zero attached hydrogens (tertiary/aromatic N) is 2. The molecular formula is C10H17N3. The first-order valence-electron chi connectivity index (χ1n) is 4.73. The van der Waals surface area contributed by atoms with E-state index in [9.17, 15) is 0 Å². The Balaban J connectivity index is 2.96. The minimum Gasteiger partial charge on any atom is -0.370 e. The summed E-state index contributed by atoms with van der Waals surface area (Å²) < 4.78 is 0.